The molecule has 0 saturated heterocycles. The highest BCUT2D eigenvalue weighted by Crippen LogP contribution is 1.91. The van der Waals surface area contributed by atoms with E-state index in [0.29, 0.717) is 0 Å². The first-order valence-corrected chi connectivity index (χ1v) is 3.90. The molecule has 1 unspecified atom stereocenters. The largest absolute Gasteiger partial charge is 0.375 e. The van der Waals surface area contributed by atoms with Crippen molar-refractivity contribution in [1.82, 2.24) is 10.6 Å². The summed E-state index contributed by atoms with van der Waals surface area (Å²) in [6.45, 7) is 7.21. The van der Waals surface area contributed by atoms with Crippen LogP contribution in [0.15, 0.2) is 12.2 Å². The van der Waals surface area contributed by atoms with Crippen LogP contribution in [0.1, 0.15) is 13.3 Å². The van der Waals surface area contributed by atoms with Crippen molar-refractivity contribution in [3.05, 3.63) is 12.2 Å². The predicted octanol–water partition coefficient (Wildman–Crippen LogP) is 0.0800. The van der Waals surface area contributed by atoms with Crippen LogP contribution in [0.3, 0.4) is 0 Å². The molecule has 0 aliphatic rings. The summed E-state index contributed by atoms with van der Waals surface area (Å²) in [5, 5.41) is 15.2. The molecule has 0 aromatic carbocycles. The Kier molecular flexibility index (Phi) is 6.12. The highest BCUT2D eigenvalue weighted by molar-refractivity contribution is 4.94. The third-order valence-corrected chi connectivity index (χ3v) is 1.41. The van der Waals surface area contributed by atoms with Crippen molar-refractivity contribution in [2.75, 3.05) is 20.1 Å². The van der Waals surface area contributed by atoms with E-state index in [1.165, 1.54) is 0 Å². The van der Waals surface area contributed by atoms with Gasteiger partial charge in [0.2, 0.25) is 0 Å². The fourth-order valence-electron chi connectivity index (χ4n) is 0.678. The predicted molar refractivity (Wildman–Crippen MR) is 47.4 cm³/mol. The van der Waals surface area contributed by atoms with E-state index >= 15 is 0 Å². The standard InChI is InChI=1S/C8H18N2O/c1-7(2)8(11)10-6-4-5-9-3/h8-11H,1,4-6H2,2-3H3. The Hall–Kier alpha value is -0.380. The van der Waals surface area contributed by atoms with Gasteiger partial charge in [-0.1, -0.05) is 6.58 Å². The molecule has 0 radical (unpaired) electrons. The molecule has 0 amide bonds. The summed E-state index contributed by atoms with van der Waals surface area (Å²) in [6.07, 6.45) is 0.466. The third-order valence-electron chi connectivity index (χ3n) is 1.41. The third kappa shape index (κ3) is 6.04. The molecule has 0 heterocycles. The van der Waals surface area contributed by atoms with Gasteiger partial charge in [0.05, 0.1) is 0 Å². The number of hydrogen-bond donors (Lipinski definition) is 3. The van der Waals surface area contributed by atoms with Gasteiger partial charge in [0.1, 0.15) is 6.23 Å². The molecule has 0 rings (SSSR count). The highest BCUT2D eigenvalue weighted by atomic mass is 16.3. The summed E-state index contributed by atoms with van der Waals surface area (Å²) in [5.41, 5.74) is 0.759. The first kappa shape index (κ1) is 10.6. The van der Waals surface area contributed by atoms with Crippen LogP contribution in [0.5, 0.6) is 0 Å². The molecular formula is C8H18N2O. The Bertz CT molecular complexity index is 115. The number of aliphatic hydroxyl groups excluding tert-OH is 1. The van der Waals surface area contributed by atoms with Crippen molar-refractivity contribution in [2.24, 2.45) is 0 Å². The Balaban J connectivity index is 3.17. The number of hydrogen-bond acceptors (Lipinski definition) is 3. The molecule has 0 aliphatic heterocycles. The van der Waals surface area contributed by atoms with E-state index in [-0.39, 0.29) is 0 Å². The van der Waals surface area contributed by atoms with Gasteiger partial charge in [0, 0.05) is 0 Å². The summed E-state index contributed by atoms with van der Waals surface area (Å²) >= 11 is 0. The maximum absolute atomic E-state index is 9.19. The molecule has 0 bridgehead atoms. The van der Waals surface area contributed by atoms with Gasteiger partial charge in [-0.15, -0.1) is 0 Å². The second kappa shape index (κ2) is 6.34. The molecule has 11 heavy (non-hydrogen) atoms. The van der Waals surface area contributed by atoms with Crippen molar-refractivity contribution in [2.45, 2.75) is 19.6 Å². The molecule has 66 valence electrons. The second-order valence-corrected chi connectivity index (χ2v) is 2.66. The second-order valence-electron chi connectivity index (χ2n) is 2.66. The van der Waals surface area contributed by atoms with E-state index in [4.69, 9.17) is 0 Å². The minimum absolute atomic E-state index is 0.549. The lowest BCUT2D eigenvalue weighted by Crippen LogP contribution is -2.31. The van der Waals surface area contributed by atoms with Gasteiger partial charge in [-0.2, -0.15) is 0 Å². The highest BCUT2D eigenvalue weighted by Gasteiger charge is 2.00. The van der Waals surface area contributed by atoms with Crippen LogP contribution in [0.25, 0.3) is 0 Å². The van der Waals surface area contributed by atoms with Crippen LogP contribution >= 0.6 is 0 Å². The normalized spacial score (nSPS) is 13.0. The van der Waals surface area contributed by atoms with Crippen molar-refractivity contribution < 1.29 is 5.11 Å². The Labute approximate surface area is 68.5 Å². The maximum Gasteiger partial charge on any atom is 0.126 e. The van der Waals surface area contributed by atoms with Crippen LogP contribution in [-0.2, 0) is 0 Å². The molecule has 1 atom stereocenters. The average Bonchev–Trinajstić information content (AvgIpc) is 1.97. The minimum atomic E-state index is -0.549. The van der Waals surface area contributed by atoms with Gasteiger partial charge < -0.3 is 10.4 Å². The first-order chi connectivity index (χ1) is 5.18. The molecule has 0 aliphatic carbocycles. The molecule has 3 nitrogen and oxygen atoms in total. The molecule has 3 heteroatoms. The Morgan fingerprint density at radius 3 is 2.64 bits per heavy atom. The van der Waals surface area contributed by atoms with E-state index in [9.17, 15) is 5.11 Å². The SMILES string of the molecule is C=C(C)C(O)NCCCNC. The quantitative estimate of drug-likeness (QED) is 0.291. The van der Waals surface area contributed by atoms with Gasteiger partial charge in [-0.3, -0.25) is 5.32 Å². The molecule has 0 spiro atoms. The van der Waals surface area contributed by atoms with E-state index in [0.717, 1.165) is 25.1 Å². The fourth-order valence-corrected chi connectivity index (χ4v) is 0.678. The molecular weight excluding hydrogens is 140 g/mol. The van der Waals surface area contributed by atoms with Gasteiger partial charge in [0.25, 0.3) is 0 Å². The van der Waals surface area contributed by atoms with Crippen LogP contribution in [0.4, 0.5) is 0 Å². The lowest BCUT2D eigenvalue weighted by Gasteiger charge is -2.11. The summed E-state index contributed by atoms with van der Waals surface area (Å²) in [6, 6.07) is 0. The molecule has 0 saturated carbocycles. The van der Waals surface area contributed by atoms with Crippen LogP contribution in [0, 0.1) is 0 Å². The summed E-state index contributed by atoms with van der Waals surface area (Å²) < 4.78 is 0. The summed E-state index contributed by atoms with van der Waals surface area (Å²) in [4.78, 5) is 0. The van der Waals surface area contributed by atoms with E-state index in [1.807, 2.05) is 7.05 Å². The van der Waals surface area contributed by atoms with Crippen molar-refractivity contribution in [3.8, 4) is 0 Å². The van der Waals surface area contributed by atoms with Crippen LogP contribution < -0.4 is 10.6 Å². The summed E-state index contributed by atoms with van der Waals surface area (Å²) in [5.74, 6) is 0. The van der Waals surface area contributed by atoms with Crippen molar-refractivity contribution >= 4 is 0 Å². The zero-order valence-corrected chi connectivity index (χ0v) is 7.35. The smallest absolute Gasteiger partial charge is 0.126 e. The van der Waals surface area contributed by atoms with E-state index in [2.05, 4.69) is 17.2 Å². The Morgan fingerprint density at radius 1 is 1.55 bits per heavy atom. The Morgan fingerprint density at radius 2 is 2.18 bits per heavy atom. The molecule has 0 fully saturated rings. The van der Waals surface area contributed by atoms with Gasteiger partial charge in [0.15, 0.2) is 0 Å². The first-order valence-electron chi connectivity index (χ1n) is 3.90. The number of rotatable bonds is 6. The monoisotopic (exact) mass is 158 g/mol. The fraction of sp³-hybridized carbons (Fsp3) is 0.750. The molecule has 3 N–H and O–H groups in total. The summed E-state index contributed by atoms with van der Waals surface area (Å²) in [7, 11) is 1.91. The average molecular weight is 158 g/mol. The maximum atomic E-state index is 9.19. The molecule has 0 aromatic rings. The van der Waals surface area contributed by atoms with Crippen LogP contribution in [0.2, 0.25) is 0 Å². The van der Waals surface area contributed by atoms with E-state index in [1.54, 1.807) is 6.92 Å². The van der Waals surface area contributed by atoms with E-state index < -0.39 is 6.23 Å². The van der Waals surface area contributed by atoms with Crippen molar-refractivity contribution in [1.29, 1.82) is 0 Å². The van der Waals surface area contributed by atoms with Gasteiger partial charge in [-0.25, -0.2) is 0 Å². The molecule has 0 aromatic heterocycles. The van der Waals surface area contributed by atoms with Crippen LogP contribution in [-0.4, -0.2) is 31.5 Å². The minimum Gasteiger partial charge on any atom is -0.375 e. The number of aliphatic hydroxyl groups is 1. The lowest BCUT2D eigenvalue weighted by molar-refractivity contribution is 0.173. The lowest BCUT2D eigenvalue weighted by atomic mass is 10.3. The zero-order valence-electron chi connectivity index (χ0n) is 7.35. The topological polar surface area (TPSA) is 44.3 Å². The van der Waals surface area contributed by atoms with Crippen molar-refractivity contribution in [3.63, 3.8) is 0 Å². The zero-order chi connectivity index (χ0) is 8.69. The van der Waals surface area contributed by atoms with Gasteiger partial charge in [-0.05, 0) is 39.1 Å². The van der Waals surface area contributed by atoms with Gasteiger partial charge >= 0.3 is 0 Å². The number of nitrogens with one attached hydrogen (secondary N) is 2.